The van der Waals surface area contributed by atoms with Crippen molar-refractivity contribution in [2.75, 3.05) is 11.5 Å². The van der Waals surface area contributed by atoms with Crippen molar-refractivity contribution in [3.05, 3.63) is 47.5 Å². The third kappa shape index (κ3) is 4.83. The van der Waals surface area contributed by atoms with Crippen molar-refractivity contribution in [2.24, 2.45) is 17.8 Å². The van der Waals surface area contributed by atoms with Crippen molar-refractivity contribution in [3.63, 3.8) is 0 Å². The van der Waals surface area contributed by atoms with E-state index in [9.17, 15) is 4.79 Å². The van der Waals surface area contributed by atoms with E-state index >= 15 is 0 Å². The summed E-state index contributed by atoms with van der Waals surface area (Å²) < 4.78 is 12.6. The number of anilines is 2. The van der Waals surface area contributed by atoms with E-state index in [-0.39, 0.29) is 11.4 Å². The molecule has 176 valence electrons. The van der Waals surface area contributed by atoms with E-state index in [0.29, 0.717) is 41.5 Å². The molecule has 2 aliphatic carbocycles. The SMILES string of the molecule is CC1CCC(C2CCC3(CC2)CC(=O)c2ccc(OCc4cc(N)cc(N)c4)cc2O3)CC1. The summed E-state index contributed by atoms with van der Waals surface area (Å²) in [6.45, 7) is 2.74. The molecule has 0 atom stereocenters. The van der Waals surface area contributed by atoms with Crippen LogP contribution in [0.15, 0.2) is 36.4 Å². The Hall–Kier alpha value is -2.69. The number of carbonyl (C=O) groups is 1. The molecule has 0 bridgehead atoms. The molecule has 2 aromatic rings. The van der Waals surface area contributed by atoms with Gasteiger partial charge in [0.05, 0.1) is 12.0 Å². The summed E-state index contributed by atoms with van der Waals surface area (Å²) in [5, 5.41) is 0. The van der Waals surface area contributed by atoms with E-state index in [1.165, 1.54) is 38.5 Å². The molecule has 0 amide bonds. The molecule has 33 heavy (non-hydrogen) atoms. The summed E-state index contributed by atoms with van der Waals surface area (Å²) >= 11 is 0. The molecule has 1 heterocycles. The Morgan fingerprint density at radius 3 is 2.30 bits per heavy atom. The van der Waals surface area contributed by atoms with Gasteiger partial charge in [-0.15, -0.1) is 0 Å². The van der Waals surface area contributed by atoms with E-state index in [1.807, 2.05) is 30.3 Å². The van der Waals surface area contributed by atoms with E-state index in [0.717, 1.165) is 36.2 Å². The van der Waals surface area contributed by atoms with E-state index in [4.69, 9.17) is 20.9 Å². The second kappa shape index (κ2) is 8.92. The fraction of sp³-hybridized carbons (Fsp3) is 0.536. The highest BCUT2D eigenvalue weighted by molar-refractivity contribution is 6.00. The molecule has 1 aliphatic heterocycles. The lowest BCUT2D eigenvalue weighted by Gasteiger charge is -2.45. The van der Waals surface area contributed by atoms with Crippen LogP contribution < -0.4 is 20.9 Å². The first-order valence-electron chi connectivity index (χ1n) is 12.5. The molecule has 0 unspecified atom stereocenters. The number of rotatable bonds is 4. The van der Waals surface area contributed by atoms with E-state index < -0.39 is 0 Å². The molecule has 3 aliphatic rings. The van der Waals surface area contributed by atoms with Gasteiger partial charge in [0.25, 0.3) is 0 Å². The van der Waals surface area contributed by atoms with Crippen molar-refractivity contribution in [3.8, 4) is 11.5 Å². The summed E-state index contributed by atoms with van der Waals surface area (Å²) in [4.78, 5) is 13.0. The maximum absolute atomic E-state index is 13.0. The van der Waals surface area contributed by atoms with Gasteiger partial charge in [0, 0.05) is 17.4 Å². The standard InChI is InChI=1S/C28H36N2O3/c1-18-2-4-20(5-3-18)21-8-10-28(11-9-21)16-26(31)25-7-6-24(15-27(25)33-28)32-17-19-12-22(29)14-23(30)13-19/h6-7,12-15,18,20-21H,2-5,8-11,16-17,29-30H2,1H3. The summed E-state index contributed by atoms with van der Waals surface area (Å²) in [6.07, 6.45) is 10.3. The van der Waals surface area contributed by atoms with Gasteiger partial charge >= 0.3 is 0 Å². The zero-order chi connectivity index (χ0) is 23.0. The first kappa shape index (κ1) is 22.1. The minimum absolute atomic E-state index is 0.191. The first-order valence-corrected chi connectivity index (χ1v) is 12.5. The van der Waals surface area contributed by atoms with Crippen LogP contribution in [0.1, 0.15) is 80.6 Å². The number of nitrogen functional groups attached to an aromatic ring is 2. The van der Waals surface area contributed by atoms with Gasteiger partial charge in [0.2, 0.25) is 0 Å². The van der Waals surface area contributed by atoms with Gasteiger partial charge in [-0.1, -0.05) is 19.8 Å². The number of carbonyl (C=O) groups excluding carboxylic acids is 1. The minimum Gasteiger partial charge on any atom is -0.489 e. The molecule has 0 saturated heterocycles. The minimum atomic E-state index is -0.344. The van der Waals surface area contributed by atoms with Gasteiger partial charge in [-0.25, -0.2) is 0 Å². The molecular weight excluding hydrogens is 412 g/mol. The Balaban J connectivity index is 1.25. The monoisotopic (exact) mass is 448 g/mol. The van der Waals surface area contributed by atoms with Crippen LogP contribution in [0.3, 0.4) is 0 Å². The van der Waals surface area contributed by atoms with Crippen molar-refractivity contribution >= 4 is 17.2 Å². The van der Waals surface area contributed by atoms with Crippen molar-refractivity contribution < 1.29 is 14.3 Å². The quantitative estimate of drug-likeness (QED) is 0.548. The van der Waals surface area contributed by atoms with Gasteiger partial charge in [-0.05, 0) is 92.2 Å². The number of ether oxygens (including phenoxy) is 2. The van der Waals surface area contributed by atoms with Crippen LogP contribution in [0.5, 0.6) is 11.5 Å². The second-order valence-electron chi connectivity index (χ2n) is 10.7. The molecular formula is C28H36N2O3. The van der Waals surface area contributed by atoms with Crippen LogP contribution in [0.2, 0.25) is 0 Å². The lowest BCUT2D eigenvalue weighted by Crippen LogP contribution is -2.45. The number of ketones is 1. The largest absolute Gasteiger partial charge is 0.489 e. The maximum atomic E-state index is 13.0. The number of nitrogens with two attached hydrogens (primary N) is 2. The van der Waals surface area contributed by atoms with Crippen molar-refractivity contribution in [2.45, 2.75) is 76.9 Å². The molecule has 0 aromatic heterocycles. The van der Waals surface area contributed by atoms with Gasteiger partial charge in [0.15, 0.2) is 5.78 Å². The summed E-state index contributed by atoms with van der Waals surface area (Å²) in [6, 6.07) is 11.0. The van der Waals surface area contributed by atoms with Crippen LogP contribution in [-0.4, -0.2) is 11.4 Å². The lowest BCUT2D eigenvalue weighted by molar-refractivity contribution is -0.00918. The van der Waals surface area contributed by atoms with Crippen LogP contribution in [0.25, 0.3) is 0 Å². The summed E-state index contributed by atoms with van der Waals surface area (Å²) in [5.41, 5.74) is 14.2. The normalized spacial score (nSPS) is 29.4. The Kier molecular flexibility index (Phi) is 5.98. The number of hydrogen-bond donors (Lipinski definition) is 2. The molecule has 5 nitrogen and oxygen atoms in total. The molecule has 0 radical (unpaired) electrons. The maximum Gasteiger partial charge on any atom is 0.170 e. The number of Topliss-reactive ketones (excluding diaryl/α,β-unsaturated/α-hetero) is 1. The molecule has 2 fully saturated rings. The Labute approximate surface area is 196 Å². The third-order valence-corrected chi connectivity index (χ3v) is 8.17. The van der Waals surface area contributed by atoms with E-state index in [2.05, 4.69) is 6.92 Å². The predicted molar refractivity (Wildman–Crippen MR) is 131 cm³/mol. The second-order valence-corrected chi connectivity index (χ2v) is 10.7. The van der Waals surface area contributed by atoms with Crippen LogP contribution in [-0.2, 0) is 6.61 Å². The molecule has 2 aromatic carbocycles. The molecule has 1 spiro atoms. The first-order chi connectivity index (χ1) is 15.9. The molecule has 4 N–H and O–H groups in total. The van der Waals surface area contributed by atoms with E-state index in [1.54, 1.807) is 6.07 Å². The fourth-order valence-electron chi connectivity index (χ4n) is 6.23. The molecule has 5 rings (SSSR count). The van der Waals surface area contributed by atoms with Gasteiger partial charge in [-0.3, -0.25) is 4.79 Å². The Morgan fingerprint density at radius 1 is 0.939 bits per heavy atom. The molecule has 5 heteroatoms. The highest BCUT2D eigenvalue weighted by Gasteiger charge is 2.44. The average molecular weight is 449 g/mol. The van der Waals surface area contributed by atoms with Gasteiger partial charge in [-0.2, -0.15) is 0 Å². The highest BCUT2D eigenvalue weighted by atomic mass is 16.5. The summed E-state index contributed by atoms with van der Waals surface area (Å²) in [5.74, 6) is 4.09. The average Bonchev–Trinajstić information content (AvgIpc) is 2.78. The van der Waals surface area contributed by atoms with Gasteiger partial charge in [0.1, 0.15) is 23.7 Å². The zero-order valence-electron chi connectivity index (χ0n) is 19.6. The van der Waals surface area contributed by atoms with Crippen LogP contribution in [0, 0.1) is 17.8 Å². The van der Waals surface area contributed by atoms with Crippen molar-refractivity contribution in [1.82, 2.24) is 0 Å². The predicted octanol–water partition coefficient (Wildman–Crippen LogP) is 6.15. The lowest BCUT2D eigenvalue weighted by atomic mass is 9.67. The van der Waals surface area contributed by atoms with Crippen LogP contribution in [0.4, 0.5) is 11.4 Å². The smallest absolute Gasteiger partial charge is 0.170 e. The fourth-order valence-corrected chi connectivity index (χ4v) is 6.23. The zero-order valence-corrected chi connectivity index (χ0v) is 19.6. The number of hydrogen-bond acceptors (Lipinski definition) is 5. The molecule has 2 saturated carbocycles. The van der Waals surface area contributed by atoms with Crippen molar-refractivity contribution in [1.29, 1.82) is 0 Å². The van der Waals surface area contributed by atoms with Gasteiger partial charge < -0.3 is 20.9 Å². The number of fused-ring (bicyclic) bond motifs is 1. The number of benzene rings is 2. The topological polar surface area (TPSA) is 87.6 Å². The Morgan fingerprint density at radius 2 is 1.61 bits per heavy atom. The highest BCUT2D eigenvalue weighted by Crippen LogP contribution is 2.48. The summed E-state index contributed by atoms with van der Waals surface area (Å²) in [7, 11) is 0. The van der Waals surface area contributed by atoms with Crippen LogP contribution >= 0.6 is 0 Å². The third-order valence-electron chi connectivity index (χ3n) is 8.17. The Bertz CT molecular complexity index is 998.